The Kier molecular flexibility index (Phi) is 5.45. The van der Waals surface area contributed by atoms with Crippen molar-refractivity contribution in [1.82, 2.24) is 19.7 Å². The van der Waals surface area contributed by atoms with Gasteiger partial charge in [0, 0.05) is 32.2 Å². The summed E-state index contributed by atoms with van der Waals surface area (Å²) < 4.78 is 32.0. The molecule has 2 heterocycles. The van der Waals surface area contributed by atoms with E-state index in [9.17, 15) is 13.2 Å². The molecule has 1 aromatic heterocycles. The molecule has 25 heavy (non-hydrogen) atoms. The van der Waals surface area contributed by atoms with Gasteiger partial charge in [-0.3, -0.25) is 9.69 Å². The number of piperazine rings is 1. The molecule has 0 unspecified atom stereocenters. The largest absolute Gasteiger partial charge is 0.360 e. The smallest absolute Gasteiger partial charge is 0.248 e. The molecule has 8 nitrogen and oxygen atoms in total. The van der Waals surface area contributed by atoms with Crippen LogP contribution in [0.3, 0.4) is 0 Å². The van der Waals surface area contributed by atoms with E-state index in [1.165, 1.54) is 17.1 Å². The van der Waals surface area contributed by atoms with Gasteiger partial charge in [-0.1, -0.05) is 18.0 Å². The molecular formula is C16H26N4O4S. The zero-order valence-corrected chi connectivity index (χ0v) is 15.6. The molecule has 1 amide bonds. The van der Waals surface area contributed by atoms with Gasteiger partial charge >= 0.3 is 0 Å². The van der Waals surface area contributed by atoms with Crippen molar-refractivity contribution in [3.8, 4) is 0 Å². The summed E-state index contributed by atoms with van der Waals surface area (Å²) in [7, 11) is -3.60. The molecule has 0 spiro atoms. The van der Waals surface area contributed by atoms with Gasteiger partial charge in [0.25, 0.3) is 0 Å². The van der Waals surface area contributed by atoms with E-state index in [1.54, 1.807) is 13.8 Å². The van der Waals surface area contributed by atoms with Crippen LogP contribution >= 0.6 is 0 Å². The molecule has 0 radical (unpaired) electrons. The standard InChI is InChI=1S/C16H26N4O4S/c1-12-16(13(2)24-18-12)25(22,23)20-9-7-19(8-10-20)11-15(21)17-14-5-3-4-6-14/h14H,3-11H2,1-2H3,(H,17,21). The van der Waals surface area contributed by atoms with Crippen LogP contribution in [0.4, 0.5) is 0 Å². The van der Waals surface area contributed by atoms with Crippen molar-refractivity contribution in [2.45, 2.75) is 50.5 Å². The van der Waals surface area contributed by atoms with Crippen LogP contribution in [0.25, 0.3) is 0 Å². The summed E-state index contributed by atoms with van der Waals surface area (Å²) in [5.74, 6) is 0.352. The topological polar surface area (TPSA) is 95.8 Å². The molecule has 1 N–H and O–H groups in total. The molecule has 1 saturated carbocycles. The van der Waals surface area contributed by atoms with E-state index in [-0.39, 0.29) is 10.8 Å². The van der Waals surface area contributed by atoms with Crippen molar-refractivity contribution in [3.63, 3.8) is 0 Å². The van der Waals surface area contributed by atoms with E-state index in [4.69, 9.17) is 4.52 Å². The lowest BCUT2D eigenvalue weighted by atomic mass is 10.2. The fraction of sp³-hybridized carbons (Fsp3) is 0.750. The van der Waals surface area contributed by atoms with Gasteiger partial charge in [-0.25, -0.2) is 8.42 Å². The molecule has 1 aliphatic heterocycles. The predicted octanol–water partition coefficient (Wildman–Crippen LogP) is 0.657. The van der Waals surface area contributed by atoms with Crippen LogP contribution in [0.15, 0.2) is 9.42 Å². The molecule has 140 valence electrons. The van der Waals surface area contributed by atoms with Gasteiger partial charge in [0.05, 0.1) is 6.54 Å². The average Bonchev–Trinajstić information content (AvgIpc) is 3.17. The van der Waals surface area contributed by atoms with Crippen LogP contribution in [-0.2, 0) is 14.8 Å². The molecule has 2 aliphatic rings. The van der Waals surface area contributed by atoms with Crippen LogP contribution in [-0.4, -0.2) is 67.5 Å². The summed E-state index contributed by atoms with van der Waals surface area (Å²) in [5, 5.41) is 6.81. The summed E-state index contributed by atoms with van der Waals surface area (Å²) in [6, 6.07) is 0.314. The minimum Gasteiger partial charge on any atom is -0.360 e. The number of aromatic nitrogens is 1. The monoisotopic (exact) mass is 370 g/mol. The Bertz CT molecular complexity index is 697. The van der Waals surface area contributed by atoms with E-state index >= 15 is 0 Å². The van der Waals surface area contributed by atoms with E-state index in [2.05, 4.69) is 10.5 Å². The van der Waals surface area contributed by atoms with E-state index in [0.29, 0.717) is 50.2 Å². The van der Waals surface area contributed by atoms with Gasteiger partial charge < -0.3 is 9.84 Å². The van der Waals surface area contributed by atoms with Gasteiger partial charge in [-0.05, 0) is 26.7 Å². The minimum absolute atomic E-state index is 0.0360. The van der Waals surface area contributed by atoms with Gasteiger partial charge in [0.1, 0.15) is 10.6 Å². The number of hydrogen-bond acceptors (Lipinski definition) is 6. The number of amides is 1. The Hall–Kier alpha value is -1.45. The lowest BCUT2D eigenvalue weighted by Gasteiger charge is -2.33. The molecule has 0 aromatic carbocycles. The first-order valence-electron chi connectivity index (χ1n) is 8.82. The highest BCUT2D eigenvalue weighted by Crippen LogP contribution is 2.24. The quantitative estimate of drug-likeness (QED) is 0.818. The Labute approximate surface area is 148 Å². The summed E-state index contributed by atoms with van der Waals surface area (Å²) in [6.45, 7) is 5.38. The van der Waals surface area contributed by atoms with Crippen molar-refractivity contribution < 1.29 is 17.7 Å². The Morgan fingerprint density at radius 1 is 1.20 bits per heavy atom. The van der Waals surface area contributed by atoms with Crippen LogP contribution < -0.4 is 5.32 Å². The van der Waals surface area contributed by atoms with Crippen molar-refractivity contribution in [2.75, 3.05) is 32.7 Å². The number of nitrogens with zero attached hydrogens (tertiary/aromatic N) is 3. The van der Waals surface area contributed by atoms with Crippen molar-refractivity contribution in [1.29, 1.82) is 0 Å². The number of rotatable bonds is 5. The number of aryl methyl sites for hydroxylation is 2. The minimum atomic E-state index is -3.60. The average molecular weight is 370 g/mol. The summed E-state index contributed by atoms with van der Waals surface area (Å²) >= 11 is 0. The fourth-order valence-electron chi connectivity index (χ4n) is 3.65. The highest BCUT2D eigenvalue weighted by atomic mass is 32.2. The van der Waals surface area contributed by atoms with E-state index < -0.39 is 10.0 Å². The van der Waals surface area contributed by atoms with E-state index in [0.717, 1.165) is 12.8 Å². The molecular weight excluding hydrogens is 344 g/mol. The van der Waals surface area contributed by atoms with Gasteiger partial charge in [-0.15, -0.1) is 0 Å². The summed E-state index contributed by atoms with van der Waals surface area (Å²) in [5.41, 5.74) is 0.385. The summed E-state index contributed by atoms with van der Waals surface area (Å²) in [6.07, 6.45) is 4.50. The Balaban J connectivity index is 1.54. The maximum Gasteiger partial charge on any atom is 0.248 e. The lowest BCUT2D eigenvalue weighted by Crippen LogP contribution is -2.51. The highest BCUT2D eigenvalue weighted by molar-refractivity contribution is 7.89. The second kappa shape index (κ2) is 7.43. The zero-order valence-electron chi connectivity index (χ0n) is 14.8. The maximum atomic E-state index is 12.8. The number of carbonyl (C=O) groups excluding carboxylic acids is 1. The zero-order chi connectivity index (χ0) is 18.0. The molecule has 2 fully saturated rings. The number of carbonyl (C=O) groups is 1. The molecule has 9 heteroatoms. The van der Waals surface area contributed by atoms with Crippen LogP contribution in [0.1, 0.15) is 37.1 Å². The van der Waals surface area contributed by atoms with Crippen LogP contribution in [0.2, 0.25) is 0 Å². The molecule has 1 saturated heterocycles. The Morgan fingerprint density at radius 3 is 2.40 bits per heavy atom. The van der Waals surface area contributed by atoms with Crippen molar-refractivity contribution >= 4 is 15.9 Å². The molecule has 3 rings (SSSR count). The normalized spacial score (nSPS) is 20.9. The van der Waals surface area contributed by atoms with E-state index in [1.807, 2.05) is 4.90 Å². The molecule has 1 aromatic rings. The summed E-state index contributed by atoms with van der Waals surface area (Å²) in [4.78, 5) is 14.3. The van der Waals surface area contributed by atoms with Gasteiger partial charge in [0.15, 0.2) is 5.76 Å². The molecule has 1 aliphatic carbocycles. The first-order chi connectivity index (χ1) is 11.9. The first kappa shape index (κ1) is 18.3. The van der Waals surface area contributed by atoms with Crippen LogP contribution in [0.5, 0.6) is 0 Å². The van der Waals surface area contributed by atoms with Crippen LogP contribution in [0, 0.1) is 13.8 Å². The number of sulfonamides is 1. The third kappa shape index (κ3) is 4.04. The SMILES string of the molecule is Cc1noc(C)c1S(=O)(=O)N1CCN(CC(=O)NC2CCCC2)CC1. The first-order valence-corrected chi connectivity index (χ1v) is 10.3. The third-order valence-corrected chi connectivity index (χ3v) is 7.13. The lowest BCUT2D eigenvalue weighted by molar-refractivity contribution is -0.123. The van der Waals surface area contributed by atoms with Gasteiger partial charge in [0.2, 0.25) is 15.9 Å². The maximum absolute atomic E-state index is 12.8. The second-order valence-corrected chi connectivity index (χ2v) is 8.76. The van der Waals surface area contributed by atoms with Gasteiger partial charge in [-0.2, -0.15) is 4.31 Å². The fourth-order valence-corrected chi connectivity index (χ4v) is 5.36. The van der Waals surface area contributed by atoms with Crippen molar-refractivity contribution in [3.05, 3.63) is 11.5 Å². The molecule has 0 atom stereocenters. The van der Waals surface area contributed by atoms with Crippen molar-refractivity contribution in [2.24, 2.45) is 0 Å². The molecule has 0 bridgehead atoms. The number of hydrogen-bond donors (Lipinski definition) is 1. The third-order valence-electron chi connectivity index (χ3n) is 4.98. The Morgan fingerprint density at radius 2 is 1.84 bits per heavy atom. The highest BCUT2D eigenvalue weighted by Gasteiger charge is 2.33. The second-order valence-electron chi connectivity index (χ2n) is 6.88. The predicted molar refractivity (Wildman–Crippen MR) is 91.6 cm³/mol. The number of nitrogens with one attached hydrogen (secondary N) is 1.